The minimum atomic E-state index is -0.523. The lowest BCUT2D eigenvalue weighted by Gasteiger charge is -2.09. The SMILES string of the molecule is Cc1nn(CC(C)C)c(Cl)c1/C=C(\C#N)C(=O)Nc1cccc(Cl)c1C. The average molecular weight is 391 g/mol. The van der Waals surface area contributed by atoms with Crippen molar-refractivity contribution in [3.05, 3.63) is 50.8 Å². The molecule has 0 bridgehead atoms. The molecular weight excluding hydrogens is 371 g/mol. The quantitative estimate of drug-likeness (QED) is 0.575. The van der Waals surface area contributed by atoms with Gasteiger partial charge in [0.2, 0.25) is 0 Å². The summed E-state index contributed by atoms with van der Waals surface area (Å²) in [5.41, 5.74) is 2.47. The molecule has 0 aliphatic carbocycles. The van der Waals surface area contributed by atoms with Crippen molar-refractivity contribution in [1.82, 2.24) is 9.78 Å². The van der Waals surface area contributed by atoms with Gasteiger partial charge in [0.1, 0.15) is 16.8 Å². The summed E-state index contributed by atoms with van der Waals surface area (Å²) in [6.07, 6.45) is 1.47. The zero-order chi connectivity index (χ0) is 19.4. The molecule has 0 fully saturated rings. The predicted molar refractivity (Wildman–Crippen MR) is 105 cm³/mol. The number of nitrogens with one attached hydrogen (secondary N) is 1. The van der Waals surface area contributed by atoms with Crippen LogP contribution < -0.4 is 5.32 Å². The van der Waals surface area contributed by atoms with Crippen LogP contribution in [0.25, 0.3) is 6.08 Å². The first-order valence-corrected chi connectivity index (χ1v) is 8.91. The zero-order valence-electron chi connectivity index (χ0n) is 15.1. The molecule has 0 atom stereocenters. The van der Waals surface area contributed by atoms with Crippen molar-refractivity contribution in [2.45, 2.75) is 34.2 Å². The van der Waals surface area contributed by atoms with Crippen molar-refractivity contribution in [3.63, 3.8) is 0 Å². The van der Waals surface area contributed by atoms with Gasteiger partial charge in [-0.05, 0) is 43.5 Å². The van der Waals surface area contributed by atoms with Gasteiger partial charge in [0.25, 0.3) is 5.91 Å². The number of rotatable bonds is 5. The molecule has 1 aromatic heterocycles. The van der Waals surface area contributed by atoms with Gasteiger partial charge >= 0.3 is 0 Å². The summed E-state index contributed by atoms with van der Waals surface area (Å²) >= 11 is 12.4. The van der Waals surface area contributed by atoms with Crippen LogP contribution in [0.3, 0.4) is 0 Å². The number of nitrogens with zero attached hydrogens (tertiary/aromatic N) is 3. The van der Waals surface area contributed by atoms with Gasteiger partial charge < -0.3 is 5.32 Å². The highest BCUT2D eigenvalue weighted by atomic mass is 35.5. The van der Waals surface area contributed by atoms with Crippen molar-refractivity contribution in [3.8, 4) is 6.07 Å². The van der Waals surface area contributed by atoms with Crippen LogP contribution in [0.4, 0.5) is 5.69 Å². The van der Waals surface area contributed by atoms with E-state index in [1.807, 2.05) is 6.07 Å². The molecule has 1 N–H and O–H groups in total. The second kappa shape index (κ2) is 8.39. The van der Waals surface area contributed by atoms with Gasteiger partial charge in [-0.25, -0.2) is 0 Å². The summed E-state index contributed by atoms with van der Waals surface area (Å²) in [6, 6.07) is 7.13. The Bertz CT molecular complexity index is 907. The van der Waals surface area contributed by atoms with Crippen molar-refractivity contribution >= 4 is 40.9 Å². The molecule has 1 heterocycles. The number of amides is 1. The van der Waals surface area contributed by atoms with Gasteiger partial charge in [0.15, 0.2) is 0 Å². The maximum Gasteiger partial charge on any atom is 0.266 e. The number of anilines is 1. The molecule has 0 saturated carbocycles. The molecule has 0 radical (unpaired) electrons. The summed E-state index contributed by atoms with van der Waals surface area (Å²) in [6.45, 7) is 8.37. The van der Waals surface area contributed by atoms with E-state index in [9.17, 15) is 10.1 Å². The normalized spacial score (nSPS) is 11.5. The van der Waals surface area contributed by atoms with Crippen LogP contribution in [0.5, 0.6) is 0 Å². The van der Waals surface area contributed by atoms with Gasteiger partial charge in [0.05, 0.1) is 5.69 Å². The Morgan fingerprint density at radius 2 is 2.08 bits per heavy atom. The summed E-state index contributed by atoms with van der Waals surface area (Å²) < 4.78 is 1.68. The molecule has 5 nitrogen and oxygen atoms in total. The van der Waals surface area contributed by atoms with Gasteiger partial charge in [-0.3, -0.25) is 9.48 Å². The fraction of sp³-hybridized carbons (Fsp3) is 0.316. The Hall–Kier alpha value is -2.29. The number of carbonyl (C=O) groups excluding carboxylic acids is 1. The molecule has 0 aliphatic rings. The van der Waals surface area contributed by atoms with E-state index < -0.39 is 5.91 Å². The second-order valence-corrected chi connectivity index (χ2v) is 7.17. The first kappa shape index (κ1) is 20.0. The first-order chi connectivity index (χ1) is 12.2. The van der Waals surface area contributed by atoms with Gasteiger partial charge in [-0.15, -0.1) is 0 Å². The molecular formula is C19H20Cl2N4O. The summed E-state index contributed by atoms with van der Waals surface area (Å²) in [4.78, 5) is 12.5. The Morgan fingerprint density at radius 3 is 2.69 bits per heavy atom. The minimum absolute atomic E-state index is 0.0570. The Labute approximate surface area is 163 Å². The summed E-state index contributed by atoms with van der Waals surface area (Å²) in [5, 5.41) is 17.5. The lowest BCUT2D eigenvalue weighted by Crippen LogP contribution is -2.14. The monoisotopic (exact) mass is 390 g/mol. The molecule has 0 saturated heterocycles. The Kier molecular flexibility index (Phi) is 6.47. The average Bonchev–Trinajstić information content (AvgIpc) is 2.82. The van der Waals surface area contributed by atoms with Gasteiger partial charge in [-0.1, -0.05) is 43.1 Å². The number of aryl methyl sites for hydroxylation is 1. The van der Waals surface area contributed by atoms with Gasteiger partial charge in [-0.2, -0.15) is 10.4 Å². The number of hydrogen-bond donors (Lipinski definition) is 1. The van der Waals surface area contributed by atoms with Crippen molar-refractivity contribution in [1.29, 1.82) is 5.26 Å². The third-order valence-electron chi connectivity index (χ3n) is 3.82. The van der Waals surface area contributed by atoms with E-state index in [1.54, 1.807) is 36.7 Å². The zero-order valence-corrected chi connectivity index (χ0v) is 16.6. The number of nitriles is 1. The summed E-state index contributed by atoms with van der Waals surface area (Å²) in [5.74, 6) is -0.155. The second-order valence-electron chi connectivity index (χ2n) is 6.40. The molecule has 7 heteroatoms. The van der Waals surface area contributed by atoms with Crippen LogP contribution >= 0.6 is 23.2 Å². The number of aromatic nitrogens is 2. The molecule has 0 spiro atoms. The largest absolute Gasteiger partial charge is 0.321 e. The van der Waals surface area contributed by atoms with Crippen molar-refractivity contribution < 1.29 is 4.79 Å². The molecule has 1 aromatic carbocycles. The fourth-order valence-corrected chi connectivity index (χ4v) is 2.90. The standard InChI is InChI=1S/C19H20Cl2N4O/c1-11(2)10-25-18(21)15(13(4)24-25)8-14(9-22)19(26)23-17-7-5-6-16(20)12(17)3/h5-8,11H,10H2,1-4H3,(H,23,26)/b14-8+. The fourth-order valence-electron chi connectivity index (χ4n) is 2.42. The van der Waals surface area contributed by atoms with Crippen LogP contribution in [-0.4, -0.2) is 15.7 Å². The first-order valence-electron chi connectivity index (χ1n) is 8.15. The molecule has 136 valence electrons. The molecule has 2 rings (SSSR count). The molecule has 0 aliphatic heterocycles. The van der Waals surface area contributed by atoms with Crippen LogP contribution in [0, 0.1) is 31.1 Å². The van der Waals surface area contributed by atoms with E-state index in [-0.39, 0.29) is 5.57 Å². The van der Waals surface area contributed by atoms with E-state index in [0.29, 0.717) is 39.6 Å². The smallest absolute Gasteiger partial charge is 0.266 e. The highest BCUT2D eigenvalue weighted by Crippen LogP contribution is 2.26. The van der Waals surface area contributed by atoms with Crippen molar-refractivity contribution in [2.75, 3.05) is 5.32 Å². The maximum atomic E-state index is 12.5. The van der Waals surface area contributed by atoms with Crippen molar-refractivity contribution in [2.24, 2.45) is 5.92 Å². The number of benzene rings is 1. The Balaban J connectivity index is 2.33. The van der Waals surface area contributed by atoms with Crippen LogP contribution in [0.1, 0.15) is 30.7 Å². The number of halogens is 2. The van der Waals surface area contributed by atoms with E-state index in [4.69, 9.17) is 23.2 Å². The Morgan fingerprint density at radius 1 is 1.38 bits per heavy atom. The highest BCUT2D eigenvalue weighted by molar-refractivity contribution is 6.32. The molecule has 26 heavy (non-hydrogen) atoms. The maximum absolute atomic E-state index is 12.5. The lowest BCUT2D eigenvalue weighted by atomic mass is 10.1. The molecule has 1 amide bonds. The van der Waals surface area contributed by atoms with E-state index in [0.717, 1.165) is 5.56 Å². The lowest BCUT2D eigenvalue weighted by molar-refractivity contribution is -0.112. The van der Waals surface area contributed by atoms with Crippen LogP contribution in [-0.2, 0) is 11.3 Å². The third-order valence-corrected chi connectivity index (χ3v) is 4.63. The minimum Gasteiger partial charge on any atom is -0.321 e. The van der Waals surface area contributed by atoms with E-state index in [1.165, 1.54) is 6.08 Å². The topological polar surface area (TPSA) is 70.7 Å². The van der Waals surface area contributed by atoms with E-state index >= 15 is 0 Å². The number of carbonyl (C=O) groups is 1. The van der Waals surface area contributed by atoms with E-state index in [2.05, 4.69) is 24.3 Å². The van der Waals surface area contributed by atoms with Gasteiger partial charge in [0, 0.05) is 22.8 Å². The predicted octanol–water partition coefficient (Wildman–Crippen LogP) is 5.01. The number of hydrogen-bond acceptors (Lipinski definition) is 3. The highest BCUT2D eigenvalue weighted by Gasteiger charge is 2.17. The third kappa shape index (κ3) is 4.46. The van der Waals surface area contributed by atoms with Crippen LogP contribution in [0.15, 0.2) is 23.8 Å². The van der Waals surface area contributed by atoms with Crippen LogP contribution in [0.2, 0.25) is 10.2 Å². The molecule has 2 aromatic rings. The summed E-state index contributed by atoms with van der Waals surface area (Å²) in [7, 11) is 0. The molecule has 0 unspecified atom stereocenters.